The van der Waals surface area contributed by atoms with Crippen molar-refractivity contribution in [3.8, 4) is 11.3 Å². The highest BCUT2D eigenvalue weighted by atomic mass is 19.2. The van der Waals surface area contributed by atoms with Gasteiger partial charge < -0.3 is 10.3 Å². The molecule has 0 unspecified atom stereocenters. The molecule has 3 nitrogen and oxygen atoms in total. The summed E-state index contributed by atoms with van der Waals surface area (Å²) in [5, 5.41) is 3.30. The molecule has 1 heterocycles. The van der Waals surface area contributed by atoms with Crippen LogP contribution in [0.5, 0.6) is 0 Å². The second kappa shape index (κ2) is 5.09. The molecule has 0 fully saturated rings. The summed E-state index contributed by atoms with van der Waals surface area (Å²) in [5.41, 5.74) is 1.24. The van der Waals surface area contributed by atoms with Crippen LogP contribution in [0.25, 0.3) is 11.3 Å². The van der Waals surface area contributed by atoms with Gasteiger partial charge in [0, 0.05) is 11.1 Å². The molecule has 0 aliphatic carbocycles. The van der Waals surface area contributed by atoms with Crippen LogP contribution in [0.1, 0.15) is 26.6 Å². The van der Waals surface area contributed by atoms with Crippen molar-refractivity contribution in [2.24, 2.45) is 0 Å². The first-order chi connectivity index (χ1) is 8.85. The van der Waals surface area contributed by atoms with Crippen LogP contribution in [0.15, 0.2) is 24.4 Å². The Morgan fingerprint density at radius 1 is 1.21 bits per heavy atom. The number of hydrogen-bond acceptors (Lipinski definition) is 2. The van der Waals surface area contributed by atoms with Crippen LogP contribution in [0.2, 0.25) is 0 Å². The fourth-order valence-electron chi connectivity index (χ4n) is 1.61. The van der Waals surface area contributed by atoms with E-state index in [9.17, 15) is 8.78 Å². The number of hydrogen-bond donors (Lipinski definition) is 2. The monoisotopic (exact) mass is 265 g/mol. The molecule has 2 rings (SSSR count). The second-order valence-electron chi connectivity index (χ2n) is 5.48. The lowest BCUT2D eigenvalue weighted by atomic mass is 10.1. The van der Waals surface area contributed by atoms with Gasteiger partial charge in [-0.25, -0.2) is 13.8 Å². The number of aromatic nitrogens is 2. The molecule has 2 N–H and O–H groups in total. The Morgan fingerprint density at radius 3 is 2.58 bits per heavy atom. The fourth-order valence-corrected chi connectivity index (χ4v) is 1.61. The van der Waals surface area contributed by atoms with Crippen LogP contribution in [0, 0.1) is 11.6 Å². The molecule has 0 aliphatic heterocycles. The standard InChI is InChI=1S/C14H17F2N3/c1-14(2,3)18-8-13-17-7-12(19-13)9-4-5-10(15)11(16)6-9/h4-7,18H,8H2,1-3H3,(H,17,19). The zero-order valence-corrected chi connectivity index (χ0v) is 11.2. The van der Waals surface area contributed by atoms with Crippen molar-refractivity contribution in [3.05, 3.63) is 41.9 Å². The van der Waals surface area contributed by atoms with Crippen molar-refractivity contribution < 1.29 is 8.78 Å². The van der Waals surface area contributed by atoms with Crippen LogP contribution in [0.4, 0.5) is 8.78 Å². The molecule has 0 amide bonds. The van der Waals surface area contributed by atoms with E-state index in [1.807, 2.05) is 0 Å². The van der Waals surface area contributed by atoms with E-state index in [0.29, 0.717) is 17.8 Å². The van der Waals surface area contributed by atoms with Crippen LogP contribution in [0.3, 0.4) is 0 Å². The Hall–Kier alpha value is -1.75. The molecule has 0 saturated carbocycles. The minimum Gasteiger partial charge on any atom is -0.341 e. The van der Waals surface area contributed by atoms with E-state index < -0.39 is 11.6 Å². The van der Waals surface area contributed by atoms with Gasteiger partial charge in [-0.15, -0.1) is 0 Å². The van der Waals surface area contributed by atoms with Gasteiger partial charge in [0.05, 0.1) is 18.4 Å². The molecular formula is C14H17F2N3. The summed E-state index contributed by atoms with van der Waals surface area (Å²) in [7, 11) is 0. The summed E-state index contributed by atoms with van der Waals surface area (Å²) >= 11 is 0. The first kappa shape index (κ1) is 13.7. The SMILES string of the molecule is CC(C)(C)NCc1ncc(-c2ccc(F)c(F)c2)[nH]1. The summed E-state index contributed by atoms with van der Waals surface area (Å²) in [6.45, 7) is 6.78. The number of nitrogens with one attached hydrogen (secondary N) is 2. The third kappa shape index (κ3) is 3.61. The zero-order valence-electron chi connectivity index (χ0n) is 11.2. The van der Waals surface area contributed by atoms with E-state index in [-0.39, 0.29) is 5.54 Å². The van der Waals surface area contributed by atoms with E-state index in [1.54, 1.807) is 6.20 Å². The lowest BCUT2D eigenvalue weighted by molar-refractivity contribution is 0.418. The number of imidazole rings is 1. The molecule has 102 valence electrons. The Balaban J connectivity index is 2.14. The van der Waals surface area contributed by atoms with Gasteiger partial charge in [-0.1, -0.05) is 0 Å². The van der Waals surface area contributed by atoms with Gasteiger partial charge in [-0.2, -0.15) is 0 Å². The number of H-pyrrole nitrogens is 1. The lowest BCUT2D eigenvalue weighted by Gasteiger charge is -2.19. The average molecular weight is 265 g/mol. The first-order valence-electron chi connectivity index (χ1n) is 6.09. The van der Waals surface area contributed by atoms with Gasteiger partial charge in [0.2, 0.25) is 0 Å². The Bertz CT molecular complexity index is 570. The molecule has 19 heavy (non-hydrogen) atoms. The molecule has 0 saturated heterocycles. The topological polar surface area (TPSA) is 40.7 Å². The molecule has 1 aromatic carbocycles. The van der Waals surface area contributed by atoms with Gasteiger partial charge in [0.25, 0.3) is 0 Å². The average Bonchev–Trinajstić information content (AvgIpc) is 2.78. The minimum absolute atomic E-state index is 0.00502. The highest BCUT2D eigenvalue weighted by molar-refractivity contribution is 5.58. The Kier molecular flexibility index (Phi) is 3.66. The molecule has 0 spiro atoms. The molecule has 5 heteroatoms. The summed E-state index contributed by atoms with van der Waals surface area (Å²) in [5.74, 6) is -0.950. The molecule has 0 atom stereocenters. The van der Waals surface area contributed by atoms with Crippen molar-refractivity contribution in [2.75, 3.05) is 0 Å². The van der Waals surface area contributed by atoms with Crippen molar-refractivity contribution in [1.82, 2.24) is 15.3 Å². The highest BCUT2D eigenvalue weighted by Gasteiger charge is 2.11. The number of rotatable bonds is 3. The maximum Gasteiger partial charge on any atom is 0.159 e. The van der Waals surface area contributed by atoms with E-state index in [0.717, 1.165) is 18.0 Å². The fraction of sp³-hybridized carbons (Fsp3) is 0.357. The smallest absolute Gasteiger partial charge is 0.159 e. The van der Waals surface area contributed by atoms with Gasteiger partial charge in [0.15, 0.2) is 11.6 Å². The number of nitrogens with zero attached hydrogens (tertiary/aromatic N) is 1. The molecule has 0 aliphatic rings. The van der Waals surface area contributed by atoms with Crippen molar-refractivity contribution in [2.45, 2.75) is 32.9 Å². The second-order valence-corrected chi connectivity index (χ2v) is 5.48. The highest BCUT2D eigenvalue weighted by Crippen LogP contribution is 2.19. The first-order valence-corrected chi connectivity index (χ1v) is 6.09. The van der Waals surface area contributed by atoms with E-state index in [2.05, 4.69) is 36.1 Å². The van der Waals surface area contributed by atoms with Crippen molar-refractivity contribution in [3.63, 3.8) is 0 Å². The summed E-state index contributed by atoms with van der Waals surface area (Å²) in [6.07, 6.45) is 1.62. The molecule has 1 aromatic heterocycles. The van der Waals surface area contributed by atoms with Crippen molar-refractivity contribution >= 4 is 0 Å². The largest absolute Gasteiger partial charge is 0.341 e. The van der Waals surface area contributed by atoms with E-state index >= 15 is 0 Å². The summed E-state index contributed by atoms with van der Waals surface area (Å²) in [6, 6.07) is 3.79. The minimum atomic E-state index is -0.860. The Morgan fingerprint density at radius 2 is 1.95 bits per heavy atom. The normalized spacial score (nSPS) is 11.8. The maximum absolute atomic E-state index is 13.2. The molecule has 0 radical (unpaired) electrons. The Labute approximate surface area is 111 Å². The van der Waals surface area contributed by atoms with Crippen molar-refractivity contribution in [1.29, 1.82) is 0 Å². The van der Waals surface area contributed by atoms with Crippen LogP contribution >= 0.6 is 0 Å². The maximum atomic E-state index is 13.2. The zero-order chi connectivity index (χ0) is 14.0. The third-order valence-corrected chi connectivity index (χ3v) is 2.65. The van der Waals surface area contributed by atoms with Gasteiger partial charge in [-0.05, 0) is 39.0 Å². The summed E-state index contributed by atoms with van der Waals surface area (Å²) < 4.78 is 26.0. The lowest BCUT2D eigenvalue weighted by Crippen LogP contribution is -2.35. The molecule has 0 bridgehead atoms. The van der Waals surface area contributed by atoms with E-state index in [4.69, 9.17) is 0 Å². The van der Waals surface area contributed by atoms with Gasteiger partial charge in [-0.3, -0.25) is 0 Å². The predicted molar refractivity (Wildman–Crippen MR) is 70.5 cm³/mol. The summed E-state index contributed by atoms with van der Waals surface area (Å²) in [4.78, 5) is 7.30. The van der Waals surface area contributed by atoms with E-state index in [1.165, 1.54) is 6.07 Å². The predicted octanol–water partition coefficient (Wildman–Crippen LogP) is 3.24. The van der Waals surface area contributed by atoms with Crippen LogP contribution in [-0.2, 0) is 6.54 Å². The molecular weight excluding hydrogens is 248 g/mol. The molecule has 2 aromatic rings. The number of halogens is 2. The van der Waals surface area contributed by atoms with Crippen LogP contribution in [-0.4, -0.2) is 15.5 Å². The van der Waals surface area contributed by atoms with Crippen LogP contribution < -0.4 is 5.32 Å². The number of benzene rings is 1. The quantitative estimate of drug-likeness (QED) is 0.894. The van der Waals surface area contributed by atoms with Gasteiger partial charge >= 0.3 is 0 Å². The third-order valence-electron chi connectivity index (χ3n) is 2.65. The number of aromatic amines is 1. The van der Waals surface area contributed by atoms with Gasteiger partial charge in [0.1, 0.15) is 5.82 Å².